The summed E-state index contributed by atoms with van der Waals surface area (Å²) in [5.74, 6) is -1.52. The van der Waals surface area contributed by atoms with E-state index in [1.54, 1.807) is 14.7 Å². The van der Waals surface area contributed by atoms with Gasteiger partial charge in [-0.2, -0.15) is 0 Å². The number of hydrogen-bond donors (Lipinski definition) is 6. The van der Waals surface area contributed by atoms with Crippen molar-refractivity contribution in [3.05, 3.63) is 0 Å². The Kier molecular flexibility index (Phi) is 50.6. The standard InChI is InChI=1S/C19H33N3O3.C17H29N3O3.C16H31N3O2.C14H25N3O.C10H17NO3.C6H14N2.C4H6O4.C2H3BO2.CH3I.CH4.Na/c1-5-21-15-8-6-7-9-16(15)22(17(21)23)14-10-12-20(13-11-14)18(24)25-19(2,3)4;1-17(2,3)23-16(22)19-10-8-12(9-11-19)20-14-7-5-4-6-13(14)18-15(20)21;1-16(2,3)21-15(20)19-10-8-12(9-11-19)18-14-7-5-4-6-13(14)17;1-2-16-12-5-3-4-6-13(12)17(14(16)18)11-7-9-15-10-8-11;1-10(2,3)14-9(13)11-6-4-8(12)5-7-11;7-5-3-1-2-4-6(5)8;1-3(5)7-8-4(2)6;1-2(4)5-3;1-2;;/h14-16H,5-13H2,1-4H3;12-14H,4-11H2,1-3H3,(H,18,21);12-14,18H,4-11,17H2,1-3H3;11-13,15H,2-10H2,1H3;4-7H2,1-3H3;5-6H,1-4,7-8H2;1-2H3;1H3;1H3;1H4;/q;;;;;;;-1;;;+1/t15?,16-;13?,14-;13-,14+;12?,13-;;5-,6+;;;;;/m0010......./s1/i;;;;;;;;1D;;. The van der Waals surface area contributed by atoms with Crippen LogP contribution in [0.2, 0.25) is 0 Å². The third-order valence-corrected chi connectivity index (χ3v) is 24.6. The molecule has 36 heteroatoms. The summed E-state index contributed by atoms with van der Waals surface area (Å²) >= 11 is 1.96. The molecule has 5 aliphatic carbocycles. The van der Waals surface area contributed by atoms with Crippen LogP contribution in [-0.2, 0) is 52.6 Å². The number of carbonyl (C=O) groups is 11. The Morgan fingerprint density at radius 3 is 1.07 bits per heavy atom. The van der Waals surface area contributed by atoms with E-state index in [1.165, 1.54) is 90.4 Å². The number of piperidine rings is 5. The molecule has 0 aromatic rings. The fourth-order valence-corrected chi connectivity index (χ4v) is 18.6. The van der Waals surface area contributed by atoms with Crippen molar-refractivity contribution in [2.75, 3.05) is 83.4 Å². The summed E-state index contributed by atoms with van der Waals surface area (Å²) in [6, 6.07) is 5.90. The third kappa shape index (κ3) is 39.2. The SMILES string of the molecule is C.CC(=O)OOC(C)=O.CC(C)(C)OC(=O)N1CCC(=O)CC1.CC(C)(C)OC(=O)N1CCC(N2C(=O)NC3CCCC[C@@H]32)CC1.CC(C)(C)OC(=O)N1CCC(N[C@H]2CCCC[C@H]2N)CC1.CCN1C(=O)N(C2CCN(C(=O)OC(C)(C)C)CC2)[C@H]2CCCCC21.CCN1C(=O)N(C2CCNCC2)[C@H]2CCCCC21.N[C@@H]1CCCC[C@@H]1N.[2H]CI.[B-]OC(C)=O.[Na+]. The predicted octanol–water partition coefficient (Wildman–Crippen LogP) is 10.4. The van der Waals surface area contributed by atoms with Gasteiger partial charge in [0.25, 0.3) is 0 Å². The first-order chi connectivity index (χ1) is 58.8. The molecule has 8 saturated heterocycles. The Labute approximate surface area is 793 Å². The second kappa shape index (κ2) is 56.4. The minimum absolute atomic E-state index is 0. The minimum atomic E-state index is -0.639. The van der Waals surface area contributed by atoms with E-state index in [4.69, 9.17) is 37.5 Å². The smallest absolute Gasteiger partial charge is 0.793 e. The van der Waals surface area contributed by atoms with Gasteiger partial charge in [0.2, 0.25) is 5.97 Å². The second-order valence-electron chi connectivity index (χ2n) is 38.8. The van der Waals surface area contributed by atoms with Gasteiger partial charge in [0.15, 0.2) is 0 Å². The van der Waals surface area contributed by atoms with Gasteiger partial charge < -0.3 is 109 Å². The fourth-order valence-electron chi connectivity index (χ4n) is 18.6. The van der Waals surface area contributed by atoms with Gasteiger partial charge in [0, 0.05) is 149 Å². The summed E-state index contributed by atoms with van der Waals surface area (Å²) in [7, 11) is 4.32. The number of likely N-dealkylation sites (tertiary alicyclic amines) is 4. The summed E-state index contributed by atoms with van der Waals surface area (Å²) < 4.78 is 31.3. The van der Waals surface area contributed by atoms with Crippen molar-refractivity contribution >= 4 is 96.8 Å². The molecule has 13 fully saturated rings. The maximum absolute atomic E-state index is 13.0. The van der Waals surface area contributed by atoms with Gasteiger partial charge >= 0.3 is 84.0 Å². The molecule has 719 valence electrons. The van der Waals surface area contributed by atoms with Crippen LogP contribution in [0.1, 0.15) is 319 Å². The van der Waals surface area contributed by atoms with Crippen LogP contribution in [0.4, 0.5) is 33.6 Å². The molecule has 5 saturated carbocycles. The van der Waals surface area contributed by atoms with E-state index in [1.807, 2.05) is 111 Å². The van der Waals surface area contributed by atoms with Crippen molar-refractivity contribution in [1.82, 2.24) is 60.0 Å². The number of nitrogens with zero attached hydrogens (tertiary/aromatic N) is 9. The van der Waals surface area contributed by atoms with Crippen LogP contribution in [-0.4, -0.2) is 309 Å². The Bertz CT molecular complexity index is 3300. The first kappa shape index (κ1) is 113. The van der Waals surface area contributed by atoms with Crippen molar-refractivity contribution in [2.24, 2.45) is 17.2 Å². The number of amides is 10. The summed E-state index contributed by atoms with van der Waals surface area (Å²) in [6.07, 6.45) is 31.6. The van der Waals surface area contributed by atoms with E-state index < -0.39 is 40.3 Å². The minimum Gasteiger partial charge on any atom is -0.793 e. The zero-order valence-electron chi connectivity index (χ0n) is 80.5. The summed E-state index contributed by atoms with van der Waals surface area (Å²) in [6.45, 7) is 39.3. The molecule has 8 aliphatic heterocycles. The number of Topliss-reactive ketones (excluding diaryl/α,β-unsaturated/α-hetero) is 1. The first-order valence-electron chi connectivity index (χ1n) is 47.1. The molecule has 13 aliphatic rings. The predicted molar refractivity (Wildman–Crippen MR) is 494 cm³/mol. The van der Waals surface area contributed by atoms with E-state index in [0.29, 0.717) is 123 Å². The van der Waals surface area contributed by atoms with Crippen LogP contribution in [0.3, 0.4) is 0 Å². The number of ketones is 1. The molecule has 3 radical (unpaired) electrons. The molecule has 0 spiro atoms. The number of carbonyl (C=O) groups excluding carboxylic acids is 11. The molecule has 3 unspecified atom stereocenters. The molecular weight excluding hydrogens is 1740 g/mol. The molecule has 0 aromatic carbocycles. The largest absolute Gasteiger partial charge is 1.00 e. The van der Waals surface area contributed by atoms with E-state index >= 15 is 0 Å². The first-order valence-corrected chi connectivity index (χ1v) is 47.9. The maximum Gasteiger partial charge on any atom is 1.00 e. The number of nitrogens with two attached hydrogens (primary N) is 3. The molecule has 10 atom stereocenters. The number of hydrogen-bond acceptors (Lipinski definition) is 23. The number of alkyl halides is 1. The van der Waals surface area contributed by atoms with Crippen molar-refractivity contribution in [3.8, 4) is 0 Å². The van der Waals surface area contributed by atoms with Gasteiger partial charge in [-0.15, -0.1) is 0 Å². The molecule has 9 N–H and O–H groups in total. The van der Waals surface area contributed by atoms with Gasteiger partial charge in [0.05, 0.1) is 36.3 Å². The third-order valence-electron chi connectivity index (χ3n) is 24.6. The second-order valence-corrected chi connectivity index (χ2v) is 38.8. The molecule has 8 heterocycles. The number of ether oxygens (including phenoxy) is 4. The zero-order chi connectivity index (χ0) is 93.1. The maximum atomic E-state index is 13.0. The van der Waals surface area contributed by atoms with Crippen molar-refractivity contribution in [3.63, 3.8) is 0 Å². The van der Waals surface area contributed by atoms with Crippen molar-refractivity contribution in [2.45, 2.75) is 425 Å². The molecular formula is C90H165BIN15NaO18. The Morgan fingerprint density at radius 1 is 0.437 bits per heavy atom. The van der Waals surface area contributed by atoms with Crippen molar-refractivity contribution in [1.29, 1.82) is 0 Å². The number of rotatable bonds is 7. The van der Waals surface area contributed by atoms with E-state index in [9.17, 15) is 52.7 Å². The average Bonchev–Trinajstić information content (AvgIpc) is 1.61. The molecule has 126 heavy (non-hydrogen) atoms. The number of urea groups is 3. The van der Waals surface area contributed by atoms with Crippen molar-refractivity contribution < 1.29 is 117 Å². The van der Waals surface area contributed by atoms with Gasteiger partial charge in [-0.3, -0.25) is 9.59 Å². The van der Waals surface area contributed by atoms with Crippen LogP contribution in [0.5, 0.6) is 0 Å². The molecule has 33 nitrogen and oxygen atoms in total. The van der Waals surface area contributed by atoms with Gasteiger partial charge in [-0.25, -0.2) is 52.9 Å². The van der Waals surface area contributed by atoms with E-state index in [-0.39, 0.29) is 103 Å². The van der Waals surface area contributed by atoms with Gasteiger partial charge in [-0.05, 0) is 231 Å². The molecule has 0 bridgehead atoms. The Balaban J connectivity index is 0.000000385. The zero-order valence-corrected chi connectivity index (χ0v) is 83.7. The molecule has 13 rings (SSSR count). The Hall–Kier alpha value is -5.44. The number of fused-ring (bicyclic) bond motifs is 3. The van der Waals surface area contributed by atoms with E-state index in [2.05, 4.69) is 76.8 Å². The van der Waals surface area contributed by atoms with Crippen LogP contribution < -0.4 is 62.7 Å². The van der Waals surface area contributed by atoms with Gasteiger partial charge in [-0.1, -0.05) is 94.2 Å². The van der Waals surface area contributed by atoms with Crippen LogP contribution in [0.25, 0.3) is 0 Å². The summed E-state index contributed by atoms with van der Waals surface area (Å²) in [5, 5.41) is 10.3. The molecule has 10 amide bonds. The monoisotopic (exact) mass is 1910 g/mol. The fraction of sp³-hybridized carbons (Fsp3) is 0.878. The van der Waals surface area contributed by atoms with Crippen LogP contribution >= 0.6 is 22.6 Å². The molecule has 0 aromatic heterocycles. The summed E-state index contributed by atoms with van der Waals surface area (Å²) in [5.41, 5.74) is 15.7. The average molecular weight is 1910 g/mol. The number of nitrogens with one attached hydrogen (secondary N) is 3. The summed E-state index contributed by atoms with van der Waals surface area (Å²) in [4.78, 5) is 152. The Morgan fingerprint density at radius 2 is 0.738 bits per heavy atom. The van der Waals surface area contributed by atoms with Crippen LogP contribution in [0.15, 0.2) is 0 Å². The number of likely N-dealkylation sites (N-methyl/N-ethyl adjacent to an activating group) is 2. The van der Waals surface area contributed by atoms with Gasteiger partial charge in [0.1, 0.15) is 28.2 Å². The normalized spacial score (nSPS) is 26.0. The topological polar surface area (TPSA) is 396 Å². The van der Waals surface area contributed by atoms with Crippen LogP contribution in [0, 0.1) is 0 Å². The number of halogens is 1. The quantitative estimate of drug-likeness (QED) is 0.0344. The van der Waals surface area contributed by atoms with E-state index in [0.717, 1.165) is 149 Å².